The standard InChI is InChI=1S/C20H20N2O4.C11H13NO3.C2H6/c1-21-19(23)18-10-11-26-22(18)20(24)25-12-17-15-8-4-2-6-13(15)14-7-3-5-9-16(14)17;1-12-9(10(13)11(14)15)7-8-5-3-2-4-6-8;1-2/h2-9,17-18H,10-12H2,1H3,(H,21,23);2-6,9,12H,7H2,1H3,(H,14,15);1-2H3/t18-;9-;/m00./s1. The summed E-state index contributed by atoms with van der Waals surface area (Å²) in [6, 6.07) is 24.3. The maximum atomic E-state index is 12.5. The van der Waals surface area contributed by atoms with Crippen LogP contribution in [-0.4, -0.2) is 73.3 Å². The summed E-state index contributed by atoms with van der Waals surface area (Å²) in [4.78, 5) is 51.4. The third kappa shape index (κ3) is 8.06. The number of hydrogen-bond acceptors (Lipinski definition) is 7. The van der Waals surface area contributed by atoms with Crippen molar-refractivity contribution in [2.24, 2.45) is 0 Å². The topological polar surface area (TPSA) is 134 Å². The number of Topliss-reactive ketones (excluding diaryl/α,β-unsaturated/α-hetero) is 1. The Hall–Kier alpha value is -4.54. The van der Waals surface area contributed by atoms with E-state index in [2.05, 4.69) is 34.9 Å². The van der Waals surface area contributed by atoms with E-state index in [0.29, 0.717) is 19.4 Å². The lowest BCUT2D eigenvalue weighted by Gasteiger charge is -2.22. The predicted octanol–water partition coefficient (Wildman–Crippen LogP) is 4.18. The average Bonchev–Trinajstić information content (AvgIpc) is 3.67. The van der Waals surface area contributed by atoms with Gasteiger partial charge in [-0.25, -0.2) is 9.59 Å². The molecule has 2 aliphatic rings. The van der Waals surface area contributed by atoms with Crippen molar-refractivity contribution in [3.05, 3.63) is 95.6 Å². The Morgan fingerprint density at radius 3 is 2.00 bits per heavy atom. The van der Waals surface area contributed by atoms with Crippen molar-refractivity contribution in [1.82, 2.24) is 15.7 Å². The Balaban J connectivity index is 0.000000255. The van der Waals surface area contributed by atoms with E-state index in [1.54, 1.807) is 7.05 Å². The first-order valence-corrected chi connectivity index (χ1v) is 14.3. The molecule has 0 saturated carbocycles. The molecule has 10 nitrogen and oxygen atoms in total. The molecule has 5 rings (SSSR count). The molecule has 3 aromatic rings. The minimum absolute atomic E-state index is 0.0209. The van der Waals surface area contributed by atoms with E-state index in [1.807, 2.05) is 68.4 Å². The second-order valence-electron chi connectivity index (χ2n) is 9.58. The van der Waals surface area contributed by atoms with Crippen LogP contribution in [0.5, 0.6) is 0 Å². The number of hydroxylamine groups is 2. The molecule has 1 heterocycles. The number of fused-ring (bicyclic) bond motifs is 3. The van der Waals surface area contributed by atoms with Crippen molar-refractivity contribution in [2.45, 2.75) is 44.7 Å². The number of hydrogen-bond donors (Lipinski definition) is 3. The number of benzene rings is 3. The molecule has 1 saturated heterocycles. The quantitative estimate of drug-likeness (QED) is 0.333. The molecule has 43 heavy (non-hydrogen) atoms. The van der Waals surface area contributed by atoms with Gasteiger partial charge in [-0.2, -0.15) is 5.06 Å². The second-order valence-corrected chi connectivity index (χ2v) is 9.58. The summed E-state index contributed by atoms with van der Waals surface area (Å²) in [5.41, 5.74) is 5.57. The monoisotopic (exact) mass is 589 g/mol. The highest BCUT2D eigenvalue weighted by molar-refractivity contribution is 6.34. The van der Waals surface area contributed by atoms with Crippen LogP contribution in [0, 0.1) is 0 Å². The highest BCUT2D eigenvalue weighted by Crippen LogP contribution is 2.44. The van der Waals surface area contributed by atoms with Crippen molar-refractivity contribution < 1.29 is 33.9 Å². The average molecular weight is 590 g/mol. The van der Waals surface area contributed by atoms with Crippen LogP contribution in [-0.2, 0) is 30.4 Å². The molecule has 0 unspecified atom stereocenters. The Kier molecular flexibility index (Phi) is 12.4. The highest BCUT2D eigenvalue weighted by Gasteiger charge is 2.37. The van der Waals surface area contributed by atoms with Crippen LogP contribution >= 0.6 is 0 Å². The van der Waals surface area contributed by atoms with Gasteiger partial charge in [0.05, 0.1) is 12.6 Å². The number of likely N-dealkylation sites (N-methyl/N-ethyl adjacent to an activating group) is 2. The maximum Gasteiger partial charge on any atom is 0.434 e. The summed E-state index contributed by atoms with van der Waals surface area (Å²) in [7, 11) is 3.12. The van der Waals surface area contributed by atoms with E-state index in [-0.39, 0.29) is 18.4 Å². The number of carboxylic acid groups (broad SMARTS) is 1. The number of amides is 2. The summed E-state index contributed by atoms with van der Waals surface area (Å²) < 4.78 is 5.53. The fraction of sp³-hybridized carbons (Fsp3) is 0.333. The Morgan fingerprint density at radius 2 is 1.47 bits per heavy atom. The molecule has 1 aliphatic carbocycles. The first kappa shape index (κ1) is 33.0. The zero-order valence-electron chi connectivity index (χ0n) is 24.9. The molecular formula is C33H39N3O7. The highest BCUT2D eigenvalue weighted by atomic mass is 16.7. The minimum atomic E-state index is -1.40. The molecule has 0 bridgehead atoms. The van der Waals surface area contributed by atoms with E-state index >= 15 is 0 Å². The molecule has 0 aromatic heterocycles. The van der Waals surface area contributed by atoms with Gasteiger partial charge in [-0.05, 0) is 41.3 Å². The molecule has 2 atom stereocenters. The Labute approximate surface area is 252 Å². The van der Waals surface area contributed by atoms with Crippen LogP contribution in [0.25, 0.3) is 11.1 Å². The van der Waals surface area contributed by atoms with Gasteiger partial charge in [0.25, 0.3) is 5.78 Å². The second kappa shape index (κ2) is 16.2. The van der Waals surface area contributed by atoms with Crippen LogP contribution in [0.15, 0.2) is 78.9 Å². The van der Waals surface area contributed by atoms with Crippen LogP contribution in [0.1, 0.15) is 42.9 Å². The fourth-order valence-electron chi connectivity index (χ4n) is 5.04. The summed E-state index contributed by atoms with van der Waals surface area (Å²) in [6.07, 6.45) is 0.227. The van der Waals surface area contributed by atoms with Gasteiger partial charge in [0, 0.05) is 19.4 Å². The van der Waals surface area contributed by atoms with Crippen molar-refractivity contribution in [3.8, 4) is 11.1 Å². The zero-order valence-corrected chi connectivity index (χ0v) is 24.9. The zero-order chi connectivity index (χ0) is 31.4. The molecule has 2 amide bonds. The number of carbonyl (C=O) groups excluding carboxylic acids is 3. The van der Waals surface area contributed by atoms with Crippen molar-refractivity contribution in [2.75, 3.05) is 27.3 Å². The number of carbonyl (C=O) groups is 4. The molecule has 0 spiro atoms. The summed E-state index contributed by atoms with van der Waals surface area (Å²) >= 11 is 0. The van der Waals surface area contributed by atoms with Gasteiger partial charge < -0.3 is 20.5 Å². The third-order valence-corrected chi connectivity index (χ3v) is 7.13. The first-order chi connectivity index (χ1) is 20.8. The van der Waals surface area contributed by atoms with Gasteiger partial charge in [0.1, 0.15) is 12.6 Å². The van der Waals surface area contributed by atoms with Gasteiger partial charge in [-0.15, -0.1) is 0 Å². The molecule has 3 N–H and O–H groups in total. The third-order valence-electron chi connectivity index (χ3n) is 7.13. The van der Waals surface area contributed by atoms with Gasteiger partial charge in [0.15, 0.2) is 0 Å². The predicted molar refractivity (Wildman–Crippen MR) is 162 cm³/mol. The Morgan fingerprint density at radius 1 is 0.907 bits per heavy atom. The first-order valence-electron chi connectivity index (χ1n) is 14.3. The van der Waals surface area contributed by atoms with Crippen LogP contribution in [0.3, 0.4) is 0 Å². The van der Waals surface area contributed by atoms with Gasteiger partial charge >= 0.3 is 12.1 Å². The summed E-state index contributed by atoms with van der Waals surface area (Å²) in [6.45, 7) is 4.52. The van der Waals surface area contributed by atoms with E-state index in [4.69, 9.17) is 14.7 Å². The van der Waals surface area contributed by atoms with E-state index in [9.17, 15) is 19.2 Å². The number of carboxylic acids is 1. The molecule has 10 heteroatoms. The SMILES string of the molecule is CC.CNC(=O)[C@@H]1CCON1C(=O)OCC1c2ccccc2-c2ccccc21.CN[C@@H](Cc1ccccc1)C(=O)C(=O)O. The van der Waals surface area contributed by atoms with Gasteiger partial charge in [0.2, 0.25) is 5.91 Å². The van der Waals surface area contributed by atoms with Crippen LogP contribution < -0.4 is 10.6 Å². The maximum absolute atomic E-state index is 12.5. The molecular weight excluding hydrogens is 550 g/mol. The van der Waals surface area contributed by atoms with Crippen LogP contribution in [0.2, 0.25) is 0 Å². The van der Waals surface area contributed by atoms with Gasteiger partial charge in [-0.1, -0.05) is 92.7 Å². The fourth-order valence-corrected chi connectivity index (χ4v) is 5.04. The molecule has 3 aromatic carbocycles. The minimum Gasteiger partial charge on any atom is -0.475 e. The van der Waals surface area contributed by atoms with E-state index in [1.165, 1.54) is 18.2 Å². The number of nitrogens with zero attached hydrogens (tertiary/aromatic N) is 1. The summed E-state index contributed by atoms with van der Waals surface area (Å²) in [5, 5.41) is 14.9. The lowest BCUT2D eigenvalue weighted by atomic mass is 9.98. The molecule has 228 valence electrons. The lowest BCUT2D eigenvalue weighted by Crippen LogP contribution is -2.44. The van der Waals surface area contributed by atoms with E-state index < -0.39 is 29.9 Å². The van der Waals surface area contributed by atoms with Crippen molar-refractivity contribution in [3.63, 3.8) is 0 Å². The normalized spacial score (nSPS) is 15.4. The summed E-state index contributed by atoms with van der Waals surface area (Å²) in [5.74, 6) is -2.48. The van der Waals surface area contributed by atoms with Crippen LogP contribution in [0.4, 0.5) is 4.79 Å². The van der Waals surface area contributed by atoms with Crippen molar-refractivity contribution >= 4 is 23.8 Å². The van der Waals surface area contributed by atoms with Gasteiger partial charge in [-0.3, -0.25) is 14.4 Å². The number of rotatable bonds is 8. The lowest BCUT2D eigenvalue weighted by molar-refractivity contribution is -0.150. The number of nitrogens with one attached hydrogen (secondary N) is 2. The number of aliphatic carboxylic acids is 1. The van der Waals surface area contributed by atoms with E-state index in [0.717, 1.165) is 21.8 Å². The van der Waals surface area contributed by atoms with Crippen molar-refractivity contribution in [1.29, 1.82) is 0 Å². The molecule has 1 aliphatic heterocycles. The number of ether oxygens (including phenoxy) is 1. The largest absolute Gasteiger partial charge is 0.475 e. The molecule has 0 radical (unpaired) electrons. The Bertz CT molecular complexity index is 1350. The number of ketones is 1. The molecule has 1 fully saturated rings. The smallest absolute Gasteiger partial charge is 0.434 e.